The lowest BCUT2D eigenvalue weighted by molar-refractivity contribution is -0.147. The molecule has 0 aliphatic carbocycles. The first-order valence-electron chi connectivity index (χ1n) is 4.63. The van der Waals surface area contributed by atoms with Crippen molar-refractivity contribution in [3.63, 3.8) is 0 Å². The van der Waals surface area contributed by atoms with E-state index in [4.69, 9.17) is 5.73 Å². The van der Waals surface area contributed by atoms with Gasteiger partial charge in [0.2, 0.25) is 5.91 Å². The molecule has 13 heavy (non-hydrogen) atoms. The number of nitrogens with two attached hydrogens (primary N) is 1. The molecule has 0 atom stereocenters. The zero-order chi connectivity index (χ0) is 10.1. The Bertz CT molecular complexity index is 202. The fourth-order valence-corrected chi connectivity index (χ4v) is 2.01. The Morgan fingerprint density at radius 1 is 1.46 bits per heavy atom. The number of amides is 1. The Morgan fingerprint density at radius 3 is 2.15 bits per heavy atom. The highest BCUT2D eigenvalue weighted by Gasteiger charge is 2.49. The van der Waals surface area contributed by atoms with Gasteiger partial charge in [-0.05, 0) is 39.8 Å². The molecular weight excluding hydrogens is 168 g/mol. The lowest BCUT2D eigenvalue weighted by Crippen LogP contribution is -2.57. The second-order valence-electron chi connectivity index (χ2n) is 4.26. The van der Waals surface area contributed by atoms with Gasteiger partial charge in [0.05, 0.1) is 11.0 Å². The lowest BCUT2D eigenvalue weighted by atomic mass is 9.67. The second kappa shape index (κ2) is 3.27. The fourth-order valence-electron chi connectivity index (χ4n) is 2.01. The third-order valence-corrected chi connectivity index (χ3v) is 3.10. The maximum atomic E-state index is 11.4. The Hall–Kier alpha value is -0.610. The van der Waals surface area contributed by atoms with E-state index in [0.717, 1.165) is 13.1 Å². The molecule has 1 fully saturated rings. The Labute approximate surface area is 78.5 Å². The van der Waals surface area contributed by atoms with Crippen molar-refractivity contribution in [2.45, 2.75) is 32.3 Å². The first kappa shape index (κ1) is 10.5. The molecule has 0 bridgehead atoms. The summed E-state index contributed by atoms with van der Waals surface area (Å²) >= 11 is 0. The minimum Gasteiger partial charge on any atom is -0.389 e. The molecule has 76 valence electrons. The van der Waals surface area contributed by atoms with Crippen LogP contribution >= 0.6 is 0 Å². The van der Waals surface area contributed by atoms with Gasteiger partial charge in [-0.1, -0.05) is 0 Å². The maximum absolute atomic E-state index is 11.4. The van der Waals surface area contributed by atoms with Crippen LogP contribution in [0.15, 0.2) is 0 Å². The largest absolute Gasteiger partial charge is 0.389 e. The molecule has 4 nitrogen and oxygen atoms in total. The summed E-state index contributed by atoms with van der Waals surface area (Å²) in [6.07, 6.45) is 1.23. The summed E-state index contributed by atoms with van der Waals surface area (Å²) in [6.45, 7) is 4.80. The highest BCUT2D eigenvalue weighted by molar-refractivity contribution is 5.82. The van der Waals surface area contributed by atoms with Crippen LogP contribution in [0.25, 0.3) is 0 Å². The summed E-state index contributed by atoms with van der Waals surface area (Å²) in [6, 6.07) is 0. The average molecular weight is 186 g/mol. The number of primary amides is 1. The number of carbonyl (C=O) groups is 1. The first-order chi connectivity index (χ1) is 5.90. The molecule has 0 spiro atoms. The third kappa shape index (κ3) is 1.69. The van der Waals surface area contributed by atoms with Crippen molar-refractivity contribution < 1.29 is 9.90 Å². The van der Waals surface area contributed by atoms with Crippen molar-refractivity contribution >= 4 is 5.91 Å². The summed E-state index contributed by atoms with van der Waals surface area (Å²) in [7, 11) is 0. The van der Waals surface area contributed by atoms with Crippen LogP contribution in [0.1, 0.15) is 26.7 Å². The summed E-state index contributed by atoms with van der Waals surface area (Å²) in [5.74, 6) is -0.387. The molecule has 1 saturated heterocycles. The van der Waals surface area contributed by atoms with E-state index in [0.29, 0.717) is 12.8 Å². The molecule has 0 aromatic heterocycles. The van der Waals surface area contributed by atoms with Gasteiger partial charge in [0, 0.05) is 0 Å². The van der Waals surface area contributed by atoms with Gasteiger partial charge in [0.25, 0.3) is 0 Å². The van der Waals surface area contributed by atoms with Gasteiger partial charge in [-0.15, -0.1) is 0 Å². The highest BCUT2D eigenvalue weighted by Crippen LogP contribution is 2.39. The lowest BCUT2D eigenvalue weighted by Gasteiger charge is -2.43. The van der Waals surface area contributed by atoms with Crippen LogP contribution < -0.4 is 11.1 Å². The van der Waals surface area contributed by atoms with Crippen molar-refractivity contribution in [3.8, 4) is 0 Å². The zero-order valence-corrected chi connectivity index (χ0v) is 8.26. The molecule has 0 aromatic rings. The zero-order valence-electron chi connectivity index (χ0n) is 8.26. The topological polar surface area (TPSA) is 75.3 Å². The standard InChI is InChI=1S/C9H18N2O2/c1-8(2,13)9(7(10)12)3-5-11-6-4-9/h11,13H,3-6H2,1-2H3,(H2,10,12). The van der Waals surface area contributed by atoms with Crippen LogP contribution in [0, 0.1) is 5.41 Å². The van der Waals surface area contributed by atoms with Gasteiger partial charge >= 0.3 is 0 Å². The van der Waals surface area contributed by atoms with Crippen LogP contribution in [0.2, 0.25) is 0 Å². The Morgan fingerprint density at radius 2 is 1.92 bits per heavy atom. The van der Waals surface area contributed by atoms with Gasteiger partial charge in [0.15, 0.2) is 0 Å². The highest BCUT2D eigenvalue weighted by atomic mass is 16.3. The van der Waals surface area contributed by atoms with Crippen molar-refractivity contribution in [2.24, 2.45) is 11.1 Å². The van der Waals surface area contributed by atoms with E-state index in [1.54, 1.807) is 13.8 Å². The molecule has 1 rings (SSSR count). The predicted octanol–water partition coefficient (Wildman–Crippen LogP) is -0.388. The monoisotopic (exact) mass is 186 g/mol. The van der Waals surface area contributed by atoms with Crippen LogP contribution in [0.3, 0.4) is 0 Å². The number of rotatable bonds is 2. The smallest absolute Gasteiger partial charge is 0.226 e. The van der Waals surface area contributed by atoms with E-state index in [9.17, 15) is 9.90 Å². The van der Waals surface area contributed by atoms with Crippen LogP contribution in [0.4, 0.5) is 0 Å². The normalized spacial score (nSPS) is 22.7. The molecule has 1 aliphatic heterocycles. The van der Waals surface area contributed by atoms with Crippen molar-refractivity contribution in [3.05, 3.63) is 0 Å². The Kier molecular flexibility index (Phi) is 2.63. The molecule has 4 N–H and O–H groups in total. The third-order valence-electron chi connectivity index (χ3n) is 3.10. The van der Waals surface area contributed by atoms with Crippen LogP contribution in [-0.2, 0) is 4.79 Å². The van der Waals surface area contributed by atoms with E-state index >= 15 is 0 Å². The number of carbonyl (C=O) groups excluding carboxylic acids is 1. The molecule has 1 heterocycles. The van der Waals surface area contributed by atoms with E-state index in [1.807, 2.05) is 0 Å². The molecular formula is C9H18N2O2. The molecule has 0 radical (unpaired) electrons. The molecule has 0 saturated carbocycles. The second-order valence-corrected chi connectivity index (χ2v) is 4.26. The summed E-state index contributed by atoms with van der Waals surface area (Å²) < 4.78 is 0. The van der Waals surface area contributed by atoms with Crippen LogP contribution in [0.5, 0.6) is 0 Å². The predicted molar refractivity (Wildman–Crippen MR) is 50.0 cm³/mol. The quantitative estimate of drug-likeness (QED) is 0.550. The number of hydrogen-bond acceptors (Lipinski definition) is 3. The maximum Gasteiger partial charge on any atom is 0.226 e. The summed E-state index contributed by atoms with van der Waals surface area (Å²) in [5.41, 5.74) is 3.58. The van der Waals surface area contributed by atoms with E-state index in [-0.39, 0.29) is 5.91 Å². The van der Waals surface area contributed by atoms with E-state index in [1.165, 1.54) is 0 Å². The van der Waals surface area contributed by atoms with Gasteiger partial charge in [-0.3, -0.25) is 4.79 Å². The summed E-state index contributed by atoms with van der Waals surface area (Å²) in [5, 5.41) is 13.1. The molecule has 1 aliphatic rings. The minimum absolute atomic E-state index is 0.387. The molecule has 1 amide bonds. The van der Waals surface area contributed by atoms with Gasteiger partial charge in [-0.25, -0.2) is 0 Å². The van der Waals surface area contributed by atoms with Crippen molar-refractivity contribution in [2.75, 3.05) is 13.1 Å². The number of piperidine rings is 1. The van der Waals surface area contributed by atoms with Gasteiger partial charge in [0.1, 0.15) is 0 Å². The minimum atomic E-state index is -1.03. The van der Waals surface area contributed by atoms with Crippen molar-refractivity contribution in [1.29, 1.82) is 0 Å². The van der Waals surface area contributed by atoms with E-state index in [2.05, 4.69) is 5.32 Å². The molecule has 0 aromatic carbocycles. The van der Waals surface area contributed by atoms with Crippen molar-refractivity contribution in [1.82, 2.24) is 5.32 Å². The number of nitrogens with one attached hydrogen (secondary N) is 1. The van der Waals surface area contributed by atoms with E-state index < -0.39 is 11.0 Å². The first-order valence-corrected chi connectivity index (χ1v) is 4.63. The SMILES string of the molecule is CC(C)(O)C1(C(N)=O)CCNCC1. The molecule has 0 unspecified atom stereocenters. The summed E-state index contributed by atoms with van der Waals surface area (Å²) in [4.78, 5) is 11.4. The fraction of sp³-hybridized carbons (Fsp3) is 0.889. The van der Waals surface area contributed by atoms with Crippen LogP contribution in [-0.4, -0.2) is 29.7 Å². The number of hydrogen-bond donors (Lipinski definition) is 3. The molecule has 4 heteroatoms. The Balaban J connectivity index is 2.93. The average Bonchev–Trinajstić information content (AvgIpc) is 2.03. The van der Waals surface area contributed by atoms with Gasteiger partial charge in [-0.2, -0.15) is 0 Å². The van der Waals surface area contributed by atoms with Gasteiger partial charge < -0.3 is 16.2 Å². The number of aliphatic hydroxyl groups is 1.